The first-order valence-electron chi connectivity index (χ1n) is 5.58. The number of rotatable bonds is 2. The number of phenols is 1. The van der Waals surface area contributed by atoms with Crippen molar-refractivity contribution >= 4 is 11.6 Å². The molecule has 1 heterocycles. The summed E-state index contributed by atoms with van der Waals surface area (Å²) in [6.07, 6.45) is 0. The maximum atomic E-state index is 12.2. The van der Waals surface area contributed by atoms with Gasteiger partial charge in [-0.25, -0.2) is 4.98 Å². The van der Waals surface area contributed by atoms with E-state index in [1.807, 2.05) is 13.0 Å². The molecule has 2 rings (SSSR count). The predicted molar refractivity (Wildman–Crippen MR) is 69.8 cm³/mol. The number of aryl methyl sites for hydroxylation is 1. The maximum Gasteiger partial charge on any atom is 0.276 e. The van der Waals surface area contributed by atoms with E-state index in [9.17, 15) is 9.90 Å². The molecule has 1 aromatic heterocycles. The minimum absolute atomic E-state index is 0.129. The second kappa shape index (κ2) is 4.87. The molecule has 1 aromatic carbocycles. The molecule has 0 aliphatic heterocycles. The number of aromatic hydroxyl groups is 1. The Labute approximate surface area is 106 Å². The lowest BCUT2D eigenvalue weighted by atomic mass is 10.2. The zero-order valence-electron chi connectivity index (χ0n) is 10.3. The van der Waals surface area contributed by atoms with Gasteiger partial charge in [0.1, 0.15) is 11.4 Å². The largest absolute Gasteiger partial charge is 0.508 e. The first-order chi connectivity index (χ1) is 8.58. The molecule has 1 amide bonds. The number of aromatic nitrogens is 1. The molecular formula is C14H14N2O2. The molecule has 0 aliphatic rings. The maximum absolute atomic E-state index is 12.2. The van der Waals surface area contributed by atoms with E-state index in [-0.39, 0.29) is 11.7 Å². The fourth-order valence-corrected chi connectivity index (χ4v) is 1.65. The molecule has 0 atom stereocenters. The lowest BCUT2D eigenvalue weighted by Crippen LogP contribution is -2.27. The molecule has 0 bridgehead atoms. The van der Waals surface area contributed by atoms with Crippen LogP contribution in [0.5, 0.6) is 5.75 Å². The number of carbonyl (C=O) groups excluding carboxylic acids is 1. The highest BCUT2D eigenvalue weighted by Gasteiger charge is 2.14. The monoisotopic (exact) mass is 242 g/mol. The molecule has 0 saturated heterocycles. The second-order valence-corrected chi connectivity index (χ2v) is 4.05. The van der Waals surface area contributed by atoms with Crippen LogP contribution in [0.25, 0.3) is 0 Å². The third-order valence-electron chi connectivity index (χ3n) is 2.63. The topological polar surface area (TPSA) is 53.4 Å². The Morgan fingerprint density at radius 1 is 1.22 bits per heavy atom. The SMILES string of the molecule is Cc1cccc(C(=O)N(C)c2cccc(O)c2)n1. The van der Waals surface area contributed by atoms with E-state index in [0.29, 0.717) is 11.4 Å². The van der Waals surface area contributed by atoms with Crippen molar-refractivity contribution < 1.29 is 9.90 Å². The van der Waals surface area contributed by atoms with Gasteiger partial charge in [0.05, 0.1) is 0 Å². The van der Waals surface area contributed by atoms with Gasteiger partial charge < -0.3 is 10.0 Å². The van der Waals surface area contributed by atoms with E-state index in [1.54, 1.807) is 37.4 Å². The van der Waals surface area contributed by atoms with Crippen LogP contribution in [-0.4, -0.2) is 23.0 Å². The summed E-state index contributed by atoms with van der Waals surface area (Å²) in [5.74, 6) is -0.0753. The van der Waals surface area contributed by atoms with Crippen molar-refractivity contribution in [3.05, 3.63) is 53.9 Å². The molecule has 92 valence electrons. The molecule has 4 nitrogen and oxygen atoms in total. The molecular weight excluding hydrogens is 228 g/mol. The first-order valence-corrected chi connectivity index (χ1v) is 5.58. The van der Waals surface area contributed by atoms with Crippen LogP contribution in [0, 0.1) is 6.92 Å². The van der Waals surface area contributed by atoms with E-state index >= 15 is 0 Å². The highest BCUT2D eigenvalue weighted by molar-refractivity contribution is 6.04. The van der Waals surface area contributed by atoms with Gasteiger partial charge in [-0.1, -0.05) is 12.1 Å². The molecule has 0 fully saturated rings. The molecule has 0 unspecified atom stereocenters. The summed E-state index contributed by atoms with van der Waals surface area (Å²) < 4.78 is 0. The number of phenolic OH excluding ortho intramolecular Hbond substituents is 1. The van der Waals surface area contributed by atoms with E-state index < -0.39 is 0 Å². The first kappa shape index (κ1) is 12.1. The zero-order chi connectivity index (χ0) is 13.1. The van der Waals surface area contributed by atoms with Gasteiger partial charge in [0.25, 0.3) is 5.91 Å². The number of hydrogen-bond donors (Lipinski definition) is 1. The molecule has 0 spiro atoms. The Morgan fingerprint density at radius 2 is 1.94 bits per heavy atom. The normalized spacial score (nSPS) is 10.1. The van der Waals surface area contributed by atoms with E-state index in [4.69, 9.17) is 0 Å². The van der Waals surface area contributed by atoms with Crippen LogP contribution >= 0.6 is 0 Å². The second-order valence-electron chi connectivity index (χ2n) is 4.05. The van der Waals surface area contributed by atoms with Crippen LogP contribution in [0.4, 0.5) is 5.69 Å². The van der Waals surface area contributed by atoms with Gasteiger partial charge in [-0.2, -0.15) is 0 Å². The number of pyridine rings is 1. The van der Waals surface area contributed by atoms with Crippen molar-refractivity contribution in [2.45, 2.75) is 6.92 Å². The van der Waals surface area contributed by atoms with Gasteiger partial charge in [0, 0.05) is 24.5 Å². The summed E-state index contributed by atoms with van der Waals surface area (Å²) in [7, 11) is 1.65. The summed E-state index contributed by atoms with van der Waals surface area (Å²) in [6.45, 7) is 1.84. The fourth-order valence-electron chi connectivity index (χ4n) is 1.65. The standard InChI is InChI=1S/C14H14N2O2/c1-10-5-3-8-13(15-10)14(18)16(2)11-6-4-7-12(17)9-11/h3-9,17H,1-2H3. The quantitative estimate of drug-likeness (QED) is 0.879. The summed E-state index contributed by atoms with van der Waals surface area (Å²) >= 11 is 0. The van der Waals surface area contributed by atoms with Crippen LogP contribution in [-0.2, 0) is 0 Å². The molecule has 1 N–H and O–H groups in total. The highest BCUT2D eigenvalue weighted by atomic mass is 16.3. The van der Waals surface area contributed by atoms with Gasteiger partial charge in [-0.05, 0) is 31.2 Å². The smallest absolute Gasteiger partial charge is 0.276 e. The Morgan fingerprint density at radius 3 is 2.61 bits per heavy atom. The van der Waals surface area contributed by atoms with Gasteiger partial charge in [-0.15, -0.1) is 0 Å². The van der Waals surface area contributed by atoms with Crippen LogP contribution in [0.1, 0.15) is 16.2 Å². The van der Waals surface area contributed by atoms with Crippen LogP contribution in [0.2, 0.25) is 0 Å². The van der Waals surface area contributed by atoms with Gasteiger partial charge in [0.15, 0.2) is 0 Å². The summed E-state index contributed by atoms with van der Waals surface area (Å²) in [6, 6.07) is 11.9. The average Bonchev–Trinajstić information content (AvgIpc) is 2.37. The molecule has 0 aliphatic carbocycles. The Bertz CT molecular complexity index is 582. The van der Waals surface area contributed by atoms with E-state index in [2.05, 4.69) is 4.98 Å². The Hall–Kier alpha value is -2.36. The average molecular weight is 242 g/mol. The minimum Gasteiger partial charge on any atom is -0.508 e. The van der Waals surface area contributed by atoms with Crippen LogP contribution in [0.15, 0.2) is 42.5 Å². The van der Waals surface area contributed by atoms with Crippen LogP contribution < -0.4 is 4.90 Å². The van der Waals surface area contributed by atoms with Crippen molar-refractivity contribution in [1.82, 2.24) is 4.98 Å². The zero-order valence-corrected chi connectivity index (χ0v) is 10.3. The van der Waals surface area contributed by atoms with E-state index in [0.717, 1.165) is 5.69 Å². The highest BCUT2D eigenvalue weighted by Crippen LogP contribution is 2.20. The summed E-state index contributed by atoms with van der Waals surface area (Å²) in [5.41, 5.74) is 1.81. The van der Waals surface area contributed by atoms with Crippen molar-refractivity contribution in [1.29, 1.82) is 0 Å². The molecule has 2 aromatic rings. The van der Waals surface area contributed by atoms with Crippen molar-refractivity contribution in [2.24, 2.45) is 0 Å². The number of amides is 1. The number of nitrogens with zero attached hydrogens (tertiary/aromatic N) is 2. The molecule has 0 saturated carbocycles. The molecule has 4 heteroatoms. The summed E-state index contributed by atoms with van der Waals surface area (Å²) in [5, 5.41) is 9.40. The number of hydrogen-bond acceptors (Lipinski definition) is 3. The number of benzene rings is 1. The third-order valence-corrected chi connectivity index (χ3v) is 2.63. The number of anilines is 1. The fraction of sp³-hybridized carbons (Fsp3) is 0.143. The van der Waals surface area contributed by atoms with Gasteiger partial charge >= 0.3 is 0 Å². The Kier molecular flexibility index (Phi) is 3.28. The van der Waals surface area contributed by atoms with Crippen molar-refractivity contribution in [2.75, 3.05) is 11.9 Å². The van der Waals surface area contributed by atoms with Crippen molar-refractivity contribution in [3.8, 4) is 5.75 Å². The van der Waals surface area contributed by atoms with Crippen molar-refractivity contribution in [3.63, 3.8) is 0 Å². The molecule has 18 heavy (non-hydrogen) atoms. The number of carbonyl (C=O) groups is 1. The molecule has 0 radical (unpaired) electrons. The van der Waals surface area contributed by atoms with Crippen LogP contribution in [0.3, 0.4) is 0 Å². The summed E-state index contributed by atoms with van der Waals surface area (Å²) in [4.78, 5) is 17.8. The Balaban J connectivity index is 2.29. The lowest BCUT2D eigenvalue weighted by Gasteiger charge is -2.17. The van der Waals surface area contributed by atoms with Gasteiger partial charge in [0.2, 0.25) is 0 Å². The third kappa shape index (κ3) is 2.48. The van der Waals surface area contributed by atoms with E-state index in [1.165, 1.54) is 11.0 Å². The predicted octanol–water partition coefficient (Wildman–Crippen LogP) is 2.37. The van der Waals surface area contributed by atoms with Gasteiger partial charge in [-0.3, -0.25) is 4.79 Å². The lowest BCUT2D eigenvalue weighted by molar-refractivity contribution is 0.0988. The minimum atomic E-state index is -0.204.